The van der Waals surface area contributed by atoms with Crippen LogP contribution in [0.4, 0.5) is 0 Å². The molecular formula is C16H22N4. The molecule has 20 heavy (non-hydrogen) atoms. The standard InChI is InChI=1S/C16H22N4/c1-5-8-17-12(3)14-10-19-16(20-13(14)4)15-11(2)7-6-9-18-15/h6-7,9-10,12,17H,5,8H2,1-4H3. The summed E-state index contributed by atoms with van der Waals surface area (Å²) in [5.74, 6) is 0.701. The first-order valence-corrected chi connectivity index (χ1v) is 7.12. The molecule has 2 aromatic heterocycles. The van der Waals surface area contributed by atoms with Crippen molar-refractivity contribution in [2.24, 2.45) is 0 Å². The molecule has 2 aromatic rings. The third-order valence-corrected chi connectivity index (χ3v) is 3.41. The molecule has 0 aromatic carbocycles. The highest BCUT2D eigenvalue weighted by Crippen LogP contribution is 2.20. The van der Waals surface area contributed by atoms with E-state index < -0.39 is 0 Å². The molecule has 106 valence electrons. The third-order valence-electron chi connectivity index (χ3n) is 3.41. The topological polar surface area (TPSA) is 50.7 Å². The van der Waals surface area contributed by atoms with E-state index in [1.54, 1.807) is 6.20 Å². The molecular weight excluding hydrogens is 248 g/mol. The quantitative estimate of drug-likeness (QED) is 0.906. The van der Waals surface area contributed by atoms with Crippen molar-refractivity contribution in [1.29, 1.82) is 0 Å². The number of pyridine rings is 1. The number of hydrogen-bond acceptors (Lipinski definition) is 4. The van der Waals surface area contributed by atoms with E-state index in [0.29, 0.717) is 5.82 Å². The predicted octanol–water partition coefficient (Wildman–Crippen LogP) is 3.22. The molecule has 0 spiro atoms. The Bertz CT molecular complexity index is 580. The van der Waals surface area contributed by atoms with Gasteiger partial charge in [0.2, 0.25) is 0 Å². The van der Waals surface area contributed by atoms with Gasteiger partial charge >= 0.3 is 0 Å². The van der Waals surface area contributed by atoms with Gasteiger partial charge in [-0.25, -0.2) is 9.97 Å². The van der Waals surface area contributed by atoms with Crippen LogP contribution in [-0.2, 0) is 0 Å². The van der Waals surface area contributed by atoms with E-state index in [2.05, 4.69) is 34.1 Å². The molecule has 2 heterocycles. The zero-order valence-electron chi connectivity index (χ0n) is 12.6. The molecule has 4 heteroatoms. The number of aryl methyl sites for hydroxylation is 2. The minimum absolute atomic E-state index is 0.272. The van der Waals surface area contributed by atoms with Crippen LogP contribution in [0.1, 0.15) is 43.1 Å². The highest BCUT2D eigenvalue weighted by Gasteiger charge is 2.12. The highest BCUT2D eigenvalue weighted by atomic mass is 14.9. The fourth-order valence-electron chi connectivity index (χ4n) is 2.21. The fraction of sp³-hybridized carbons (Fsp3) is 0.438. The van der Waals surface area contributed by atoms with Crippen LogP contribution in [0.2, 0.25) is 0 Å². The molecule has 2 rings (SSSR count). The second-order valence-electron chi connectivity index (χ2n) is 5.08. The normalized spacial score (nSPS) is 12.4. The molecule has 0 aliphatic carbocycles. The summed E-state index contributed by atoms with van der Waals surface area (Å²) in [6, 6.07) is 4.23. The Morgan fingerprint density at radius 3 is 2.70 bits per heavy atom. The number of nitrogens with one attached hydrogen (secondary N) is 1. The van der Waals surface area contributed by atoms with Gasteiger partial charge in [-0.05, 0) is 45.4 Å². The van der Waals surface area contributed by atoms with Gasteiger partial charge in [0, 0.05) is 29.7 Å². The SMILES string of the molecule is CCCNC(C)c1cnc(-c2ncccc2C)nc1C. The summed E-state index contributed by atoms with van der Waals surface area (Å²) < 4.78 is 0. The van der Waals surface area contributed by atoms with E-state index in [-0.39, 0.29) is 6.04 Å². The molecule has 0 bridgehead atoms. The number of hydrogen-bond donors (Lipinski definition) is 1. The summed E-state index contributed by atoms with van der Waals surface area (Å²) in [5.41, 5.74) is 4.11. The van der Waals surface area contributed by atoms with E-state index >= 15 is 0 Å². The van der Waals surface area contributed by atoms with Crippen molar-refractivity contribution in [3.63, 3.8) is 0 Å². The first-order chi connectivity index (χ1) is 9.63. The molecule has 0 saturated heterocycles. The molecule has 0 fully saturated rings. The van der Waals surface area contributed by atoms with Crippen molar-refractivity contribution in [3.8, 4) is 11.5 Å². The minimum atomic E-state index is 0.272. The van der Waals surface area contributed by atoms with Crippen molar-refractivity contribution in [2.75, 3.05) is 6.54 Å². The Morgan fingerprint density at radius 2 is 2.05 bits per heavy atom. The Balaban J connectivity index is 2.28. The first-order valence-electron chi connectivity index (χ1n) is 7.12. The van der Waals surface area contributed by atoms with Crippen LogP contribution < -0.4 is 5.32 Å². The van der Waals surface area contributed by atoms with Gasteiger partial charge in [-0.3, -0.25) is 4.98 Å². The van der Waals surface area contributed by atoms with E-state index in [4.69, 9.17) is 0 Å². The third kappa shape index (κ3) is 3.20. The summed E-state index contributed by atoms with van der Waals surface area (Å²) in [4.78, 5) is 13.5. The van der Waals surface area contributed by atoms with Gasteiger partial charge in [-0.15, -0.1) is 0 Å². The van der Waals surface area contributed by atoms with Crippen LogP contribution in [0.25, 0.3) is 11.5 Å². The Morgan fingerprint density at radius 1 is 1.25 bits per heavy atom. The van der Waals surface area contributed by atoms with Crippen LogP contribution in [0, 0.1) is 13.8 Å². The smallest absolute Gasteiger partial charge is 0.178 e. The average Bonchev–Trinajstić information content (AvgIpc) is 2.45. The zero-order valence-corrected chi connectivity index (χ0v) is 12.6. The van der Waals surface area contributed by atoms with Crippen LogP contribution in [0.15, 0.2) is 24.5 Å². The molecule has 0 saturated carbocycles. The molecule has 1 N–H and O–H groups in total. The molecule has 0 radical (unpaired) electrons. The Hall–Kier alpha value is -1.81. The summed E-state index contributed by atoms with van der Waals surface area (Å²) in [7, 11) is 0. The van der Waals surface area contributed by atoms with Gasteiger partial charge in [0.1, 0.15) is 5.69 Å². The van der Waals surface area contributed by atoms with Crippen LogP contribution in [0.5, 0.6) is 0 Å². The van der Waals surface area contributed by atoms with Gasteiger partial charge in [-0.2, -0.15) is 0 Å². The van der Waals surface area contributed by atoms with Crippen molar-refractivity contribution < 1.29 is 0 Å². The molecule has 4 nitrogen and oxygen atoms in total. The number of rotatable bonds is 5. The summed E-state index contributed by atoms with van der Waals surface area (Å²) in [6.07, 6.45) is 4.81. The zero-order chi connectivity index (χ0) is 14.5. The van der Waals surface area contributed by atoms with Gasteiger partial charge in [-0.1, -0.05) is 13.0 Å². The Kier molecular flexibility index (Phi) is 4.79. The molecule has 1 atom stereocenters. The minimum Gasteiger partial charge on any atom is -0.310 e. The highest BCUT2D eigenvalue weighted by molar-refractivity contribution is 5.54. The maximum absolute atomic E-state index is 4.62. The second kappa shape index (κ2) is 6.57. The summed E-state index contributed by atoms with van der Waals surface area (Å²) in [6.45, 7) is 9.37. The van der Waals surface area contributed by atoms with Crippen LogP contribution >= 0.6 is 0 Å². The Labute approximate surface area is 120 Å². The lowest BCUT2D eigenvalue weighted by Crippen LogP contribution is -2.20. The van der Waals surface area contributed by atoms with Crippen LogP contribution in [-0.4, -0.2) is 21.5 Å². The van der Waals surface area contributed by atoms with Crippen LogP contribution in [0.3, 0.4) is 0 Å². The lowest BCUT2D eigenvalue weighted by Gasteiger charge is -2.15. The maximum Gasteiger partial charge on any atom is 0.178 e. The summed E-state index contributed by atoms with van der Waals surface area (Å²) >= 11 is 0. The molecule has 0 aliphatic rings. The van der Waals surface area contributed by atoms with Gasteiger partial charge in [0.15, 0.2) is 5.82 Å². The monoisotopic (exact) mass is 270 g/mol. The van der Waals surface area contributed by atoms with Gasteiger partial charge < -0.3 is 5.32 Å². The van der Waals surface area contributed by atoms with E-state index in [0.717, 1.165) is 35.5 Å². The van der Waals surface area contributed by atoms with E-state index in [9.17, 15) is 0 Å². The van der Waals surface area contributed by atoms with Gasteiger partial charge in [0.05, 0.1) is 0 Å². The van der Waals surface area contributed by atoms with Crippen molar-refractivity contribution in [3.05, 3.63) is 41.3 Å². The van der Waals surface area contributed by atoms with E-state index in [1.165, 1.54) is 0 Å². The number of aromatic nitrogens is 3. The lowest BCUT2D eigenvalue weighted by molar-refractivity contribution is 0.564. The maximum atomic E-state index is 4.62. The molecule has 0 amide bonds. The average molecular weight is 270 g/mol. The first kappa shape index (κ1) is 14.6. The molecule has 1 unspecified atom stereocenters. The van der Waals surface area contributed by atoms with E-state index in [1.807, 2.05) is 32.2 Å². The lowest BCUT2D eigenvalue weighted by atomic mass is 10.1. The summed E-state index contributed by atoms with van der Waals surface area (Å²) in [5, 5.41) is 3.46. The largest absolute Gasteiger partial charge is 0.310 e. The second-order valence-corrected chi connectivity index (χ2v) is 5.08. The van der Waals surface area contributed by atoms with Crippen molar-refractivity contribution in [2.45, 2.75) is 40.2 Å². The predicted molar refractivity (Wildman–Crippen MR) is 81.4 cm³/mol. The molecule has 0 aliphatic heterocycles. The van der Waals surface area contributed by atoms with Gasteiger partial charge in [0.25, 0.3) is 0 Å². The fourth-order valence-corrected chi connectivity index (χ4v) is 2.21. The number of nitrogens with zero attached hydrogens (tertiary/aromatic N) is 3. The van der Waals surface area contributed by atoms with Crippen molar-refractivity contribution in [1.82, 2.24) is 20.3 Å². The van der Waals surface area contributed by atoms with Crippen molar-refractivity contribution >= 4 is 0 Å².